The monoisotopic (exact) mass is 402 g/mol. The van der Waals surface area contributed by atoms with Crippen LogP contribution in [0.2, 0.25) is 0 Å². The van der Waals surface area contributed by atoms with E-state index in [-0.39, 0.29) is 24.6 Å². The molecule has 0 unspecified atom stereocenters. The number of anilines is 2. The van der Waals surface area contributed by atoms with Crippen molar-refractivity contribution < 1.29 is 19.1 Å². The van der Waals surface area contributed by atoms with E-state index >= 15 is 0 Å². The van der Waals surface area contributed by atoms with Crippen molar-refractivity contribution in [3.8, 4) is 0 Å². The number of carbonyl (C=O) groups is 2. The van der Waals surface area contributed by atoms with Gasteiger partial charge in [0.2, 0.25) is 0 Å². The van der Waals surface area contributed by atoms with Crippen molar-refractivity contribution in [2.45, 2.75) is 6.04 Å². The minimum atomic E-state index is -0.313. The summed E-state index contributed by atoms with van der Waals surface area (Å²) in [4.78, 5) is 27.0. The number of carbonyl (C=O) groups excluding carboxylic acids is 2. The Balaban J connectivity index is 1.80. The smallest absolute Gasteiger partial charge is 0.414 e. The van der Waals surface area contributed by atoms with Gasteiger partial charge in [-0.3, -0.25) is 9.69 Å². The van der Waals surface area contributed by atoms with Crippen LogP contribution in [0, 0.1) is 0 Å². The number of halogens is 1. The lowest BCUT2D eigenvalue weighted by atomic mass is 10.2. The van der Waals surface area contributed by atoms with Gasteiger partial charge in [-0.2, -0.15) is 0 Å². The second-order valence-electron chi connectivity index (χ2n) is 4.87. The summed E-state index contributed by atoms with van der Waals surface area (Å²) in [6, 6.07) is 7.48. The van der Waals surface area contributed by atoms with Gasteiger partial charge in [0.05, 0.1) is 12.6 Å². The largest absolute Gasteiger partial charge is 0.447 e. The molecule has 0 spiro atoms. The molecule has 1 atom stereocenters. The number of amides is 2. The summed E-state index contributed by atoms with van der Waals surface area (Å²) >= 11 is 2.25. The van der Waals surface area contributed by atoms with Crippen LogP contribution in [0.5, 0.6) is 0 Å². The molecule has 2 heterocycles. The predicted octanol–water partition coefficient (Wildman–Crippen LogP) is 1.81. The van der Waals surface area contributed by atoms with Crippen LogP contribution >= 0.6 is 22.6 Å². The number of cyclic esters (lactones) is 1. The van der Waals surface area contributed by atoms with Crippen molar-refractivity contribution in [3.63, 3.8) is 0 Å². The number of rotatable bonds is 3. The van der Waals surface area contributed by atoms with Crippen LogP contribution in [-0.2, 0) is 14.3 Å². The fourth-order valence-electron chi connectivity index (χ4n) is 2.47. The van der Waals surface area contributed by atoms with Crippen molar-refractivity contribution in [1.82, 2.24) is 0 Å². The lowest BCUT2D eigenvalue weighted by Gasteiger charge is -2.27. The van der Waals surface area contributed by atoms with Crippen molar-refractivity contribution in [2.75, 3.05) is 40.6 Å². The molecule has 0 radical (unpaired) electrons. The molecule has 1 aromatic carbocycles. The Bertz CT molecular complexity index is 548. The maximum Gasteiger partial charge on any atom is 0.414 e. The van der Waals surface area contributed by atoms with Crippen molar-refractivity contribution >= 4 is 46.0 Å². The normalized spacial score (nSPS) is 22.6. The lowest BCUT2D eigenvalue weighted by Crippen LogP contribution is -2.41. The first-order valence-corrected chi connectivity index (χ1v) is 8.23. The van der Waals surface area contributed by atoms with E-state index in [2.05, 4.69) is 22.6 Å². The zero-order chi connectivity index (χ0) is 14.8. The highest BCUT2D eigenvalue weighted by molar-refractivity contribution is 14.1. The maximum atomic E-state index is 11.8. The summed E-state index contributed by atoms with van der Waals surface area (Å²) in [7, 11) is 0. The minimum Gasteiger partial charge on any atom is -0.447 e. The van der Waals surface area contributed by atoms with Gasteiger partial charge < -0.3 is 14.4 Å². The van der Waals surface area contributed by atoms with Gasteiger partial charge >= 0.3 is 6.09 Å². The van der Waals surface area contributed by atoms with E-state index < -0.39 is 0 Å². The molecular weight excluding hydrogens is 387 g/mol. The molecule has 7 heteroatoms. The fraction of sp³-hybridized carbons (Fsp3) is 0.429. The topological polar surface area (TPSA) is 59.1 Å². The number of alkyl halides is 1. The Morgan fingerprint density at radius 1 is 1.19 bits per heavy atom. The Labute approximate surface area is 136 Å². The van der Waals surface area contributed by atoms with Crippen LogP contribution in [-0.4, -0.2) is 48.8 Å². The summed E-state index contributed by atoms with van der Waals surface area (Å²) in [5.74, 6) is -0.0419. The van der Waals surface area contributed by atoms with Crippen molar-refractivity contribution in [1.29, 1.82) is 0 Å². The number of ether oxygens (including phenoxy) is 2. The number of nitrogens with zero attached hydrogens (tertiary/aromatic N) is 2. The highest BCUT2D eigenvalue weighted by atomic mass is 127. The van der Waals surface area contributed by atoms with E-state index in [4.69, 9.17) is 9.47 Å². The molecule has 2 aliphatic heterocycles. The van der Waals surface area contributed by atoms with Crippen LogP contribution in [0.4, 0.5) is 16.2 Å². The third-order valence-electron chi connectivity index (χ3n) is 3.56. The van der Waals surface area contributed by atoms with Gasteiger partial charge in [0, 0.05) is 22.3 Å². The Kier molecular flexibility index (Phi) is 4.29. The number of morpholine rings is 1. The van der Waals surface area contributed by atoms with E-state index in [1.807, 2.05) is 24.3 Å². The van der Waals surface area contributed by atoms with E-state index in [0.29, 0.717) is 19.8 Å². The van der Waals surface area contributed by atoms with Gasteiger partial charge in [-0.1, -0.05) is 22.6 Å². The van der Waals surface area contributed by atoms with E-state index in [9.17, 15) is 9.59 Å². The fourth-order valence-corrected chi connectivity index (χ4v) is 3.12. The summed E-state index contributed by atoms with van der Waals surface area (Å²) in [5.41, 5.74) is 1.62. The molecule has 0 aliphatic carbocycles. The summed E-state index contributed by atoms with van der Waals surface area (Å²) < 4.78 is 11.0. The average Bonchev–Trinajstić information content (AvgIpc) is 2.89. The molecule has 2 fully saturated rings. The van der Waals surface area contributed by atoms with Gasteiger partial charge in [0.1, 0.15) is 13.2 Å². The van der Waals surface area contributed by atoms with E-state index in [1.54, 1.807) is 9.80 Å². The van der Waals surface area contributed by atoms with Gasteiger partial charge in [-0.25, -0.2) is 4.79 Å². The van der Waals surface area contributed by atoms with Crippen molar-refractivity contribution in [2.24, 2.45) is 0 Å². The summed E-state index contributed by atoms with van der Waals surface area (Å²) in [6.45, 7) is 1.64. The molecule has 2 aliphatic rings. The molecule has 6 nitrogen and oxygen atoms in total. The Morgan fingerprint density at radius 2 is 1.90 bits per heavy atom. The number of hydrogen-bond acceptors (Lipinski definition) is 4. The third-order valence-corrected chi connectivity index (χ3v) is 4.58. The molecule has 21 heavy (non-hydrogen) atoms. The molecule has 0 aromatic heterocycles. The average molecular weight is 402 g/mol. The molecule has 0 N–H and O–H groups in total. The van der Waals surface area contributed by atoms with Crippen LogP contribution in [0.15, 0.2) is 24.3 Å². The Hall–Kier alpha value is -1.35. The molecule has 3 rings (SSSR count). The number of benzene rings is 1. The highest BCUT2D eigenvalue weighted by Gasteiger charge is 2.33. The quantitative estimate of drug-likeness (QED) is 0.572. The van der Waals surface area contributed by atoms with Crippen molar-refractivity contribution in [3.05, 3.63) is 24.3 Å². The molecule has 2 saturated heterocycles. The van der Waals surface area contributed by atoms with Crippen LogP contribution in [0.25, 0.3) is 0 Å². The lowest BCUT2D eigenvalue weighted by molar-refractivity contribution is -0.125. The molecule has 0 saturated carbocycles. The first-order valence-electron chi connectivity index (χ1n) is 6.71. The molecule has 2 amide bonds. The first kappa shape index (κ1) is 14.6. The second kappa shape index (κ2) is 6.18. The molecule has 112 valence electrons. The first-order chi connectivity index (χ1) is 10.2. The third kappa shape index (κ3) is 2.84. The zero-order valence-electron chi connectivity index (χ0n) is 11.3. The highest BCUT2D eigenvalue weighted by Crippen LogP contribution is 2.27. The summed E-state index contributed by atoms with van der Waals surface area (Å²) in [6.07, 6.45) is -0.313. The van der Waals surface area contributed by atoms with Crippen LogP contribution < -0.4 is 9.80 Å². The number of hydrogen-bond donors (Lipinski definition) is 0. The van der Waals surface area contributed by atoms with E-state index in [1.165, 1.54) is 0 Å². The standard InChI is InChI=1S/C14H15IN2O4/c15-7-12-8-21-14(19)17(12)11-3-1-10(2-4-11)16-5-6-20-9-13(16)18/h1-4,12H,5-9H2/t12-/m0/s1. The van der Waals surface area contributed by atoms with Gasteiger partial charge in [-0.15, -0.1) is 0 Å². The molecule has 0 bridgehead atoms. The van der Waals surface area contributed by atoms with E-state index in [0.717, 1.165) is 15.8 Å². The van der Waals surface area contributed by atoms with Crippen LogP contribution in [0.3, 0.4) is 0 Å². The van der Waals surface area contributed by atoms with Gasteiger partial charge in [0.15, 0.2) is 0 Å². The van der Waals surface area contributed by atoms with Gasteiger partial charge in [0.25, 0.3) is 5.91 Å². The van der Waals surface area contributed by atoms with Gasteiger partial charge in [-0.05, 0) is 24.3 Å². The molecule has 1 aromatic rings. The predicted molar refractivity (Wildman–Crippen MR) is 86.1 cm³/mol. The van der Waals surface area contributed by atoms with Crippen LogP contribution in [0.1, 0.15) is 0 Å². The Morgan fingerprint density at radius 3 is 2.57 bits per heavy atom. The SMILES string of the molecule is O=C1COCCN1c1ccc(N2C(=O)OC[C@@H]2CI)cc1. The summed E-state index contributed by atoms with van der Waals surface area (Å²) in [5, 5.41) is 0. The second-order valence-corrected chi connectivity index (χ2v) is 5.75. The zero-order valence-corrected chi connectivity index (χ0v) is 13.5. The minimum absolute atomic E-state index is 0.0419. The molecular formula is C14H15IN2O4. The maximum absolute atomic E-state index is 11.8.